The summed E-state index contributed by atoms with van der Waals surface area (Å²) < 4.78 is 0. The molecule has 1 N–H and O–H groups in total. The van der Waals surface area contributed by atoms with Gasteiger partial charge in [-0.25, -0.2) is 0 Å². The van der Waals surface area contributed by atoms with Crippen LogP contribution in [0.15, 0.2) is 0 Å². The Bertz CT molecular complexity index is 214. The lowest BCUT2D eigenvalue weighted by atomic mass is 10.0. The van der Waals surface area contributed by atoms with E-state index in [1.165, 1.54) is 148 Å². The van der Waals surface area contributed by atoms with Crippen LogP contribution in [0.1, 0.15) is 175 Å². The Balaban J connectivity index is 0. The quantitative estimate of drug-likeness (QED) is 0.165. The van der Waals surface area contributed by atoms with Crippen LogP contribution in [0.2, 0.25) is 0 Å². The number of aliphatic hydroxyl groups is 1. The molecule has 0 heterocycles. The Morgan fingerprint density at radius 3 is 0.621 bits per heavy atom. The predicted octanol–water partition coefficient (Wildman–Crippen LogP) is 10.4. The molecule has 0 aliphatic heterocycles. The van der Waals surface area contributed by atoms with Crippen LogP contribution >= 0.6 is 0 Å². The van der Waals surface area contributed by atoms with Crippen molar-refractivity contribution in [1.29, 1.82) is 0 Å². The van der Waals surface area contributed by atoms with Crippen LogP contribution in [-0.4, -0.2) is 11.7 Å². The fraction of sp³-hybridized carbons (Fsp3) is 1.00. The van der Waals surface area contributed by atoms with E-state index in [2.05, 4.69) is 20.8 Å². The van der Waals surface area contributed by atoms with Gasteiger partial charge in [-0.1, -0.05) is 168 Å². The van der Waals surface area contributed by atoms with Crippen molar-refractivity contribution >= 4 is 0 Å². The van der Waals surface area contributed by atoms with Gasteiger partial charge in [-0.15, -0.1) is 0 Å². The molecule has 1 heteroatoms. The molecule has 0 saturated heterocycles. The topological polar surface area (TPSA) is 20.2 Å². The Kier molecular flexibility index (Phi) is 35.0. The third kappa shape index (κ3) is 35.7. The van der Waals surface area contributed by atoms with E-state index >= 15 is 0 Å². The molecule has 0 bridgehead atoms. The molecular formula is C28H60O. The summed E-state index contributed by atoms with van der Waals surface area (Å²) in [5, 5.41) is 8.51. The minimum Gasteiger partial charge on any atom is -0.396 e. The van der Waals surface area contributed by atoms with E-state index in [0.29, 0.717) is 6.61 Å². The molecule has 0 aromatic carbocycles. The highest BCUT2D eigenvalue weighted by molar-refractivity contribution is 4.49. The van der Waals surface area contributed by atoms with Gasteiger partial charge in [-0.2, -0.15) is 0 Å². The third-order valence-electron chi connectivity index (χ3n) is 5.97. The first-order valence-corrected chi connectivity index (χ1v) is 13.9. The summed E-state index contributed by atoms with van der Waals surface area (Å²) in [6.07, 6.45) is 33.8. The number of rotatable bonds is 23. The maximum atomic E-state index is 8.51. The average molecular weight is 413 g/mol. The minimum atomic E-state index is 0.370. The molecule has 0 amide bonds. The molecule has 0 aromatic heterocycles. The van der Waals surface area contributed by atoms with Crippen molar-refractivity contribution in [2.24, 2.45) is 0 Å². The van der Waals surface area contributed by atoms with Gasteiger partial charge in [0.1, 0.15) is 0 Å². The fourth-order valence-corrected chi connectivity index (χ4v) is 3.87. The maximum absolute atomic E-state index is 8.51. The Morgan fingerprint density at radius 2 is 0.448 bits per heavy atom. The van der Waals surface area contributed by atoms with Gasteiger partial charge in [0.2, 0.25) is 0 Å². The molecule has 178 valence electrons. The summed E-state index contributed by atoms with van der Waals surface area (Å²) in [4.78, 5) is 0. The summed E-state index contributed by atoms with van der Waals surface area (Å²) in [5.41, 5.74) is 0. The second-order valence-corrected chi connectivity index (χ2v) is 9.15. The fourth-order valence-electron chi connectivity index (χ4n) is 3.87. The first-order chi connectivity index (χ1) is 14.3. The molecule has 0 saturated carbocycles. The van der Waals surface area contributed by atoms with Crippen molar-refractivity contribution in [3.05, 3.63) is 0 Å². The predicted molar refractivity (Wildman–Crippen MR) is 135 cm³/mol. The second kappa shape index (κ2) is 32.6. The van der Waals surface area contributed by atoms with Gasteiger partial charge in [0.15, 0.2) is 0 Å². The summed E-state index contributed by atoms with van der Waals surface area (Å²) in [5.74, 6) is 0. The number of aliphatic hydroxyl groups excluding tert-OH is 1. The lowest BCUT2D eigenvalue weighted by Gasteiger charge is -2.03. The Hall–Kier alpha value is -0.0400. The largest absolute Gasteiger partial charge is 0.396 e. The standard InChI is InChI=1S/C18H38.C10H22O/c1-3-5-7-9-11-13-15-17-18-16-14-12-10-8-6-4-2;1-2-3-4-5-6-7-8-9-10-11/h3-18H2,1-2H3;11H,2-10H2,1H3. The van der Waals surface area contributed by atoms with Crippen LogP contribution in [0.5, 0.6) is 0 Å². The van der Waals surface area contributed by atoms with Crippen molar-refractivity contribution in [3.63, 3.8) is 0 Å². The van der Waals surface area contributed by atoms with Gasteiger partial charge in [0.05, 0.1) is 0 Å². The average Bonchev–Trinajstić information content (AvgIpc) is 2.74. The monoisotopic (exact) mass is 412 g/mol. The summed E-state index contributed by atoms with van der Waals surface area (Å²) >= 11 is 0. The van der Waals surface area contributed by atoms with E-state index < -0.39 is 0 Å². The third-order valence-corrected chi connectivity index (χ3v) is 5.97. The van der Waals surface area contributed by atoms with Gasteiger partial charge in [0.25, 0.3) is 0 Å². The van der Waals surface area contributed by atoms with Crippen LogP contribution in [0.3, 0.4) is 0 Å². The van der Waals surface area contributed by atoms with E-state index in [0.717, 1.165) is 6.42 Å². The molecule has 0 rings (SSSR count). The van der Waals surface area contributed by atoms with Crippen molar-refractivity contribution in [2.75, 3.05) is 6.61 Å². The van der Waals surface area contributed by atoms with Gasteiger partial charge in [-0.05, 0) is 6.42 Å². The summed E-state index contributed by atoms with van der Waals surface area (Å²) in [6.45, 7) is 7.20. The van der Waals surface area contributed by atoms with Gasteiger partial charge in [-0.3, -0.25) is 0 Å². The van der Waals surface area contributed by atoms with Crippen LogP contribution in [0.25, 0.3) is 0 Å². The maximum Gasteiger partial charge on any atom is 0.0431 e. The molecule has 1 nitrogen and oxygen atoms in total. The van der Waals surface area contributed by atoms with Gasteiger partial charge in [0, 0.05) is 6.61 Å². The van der Waals surface area contributed by atoms with Crippen LogP contribution in [0.4, 0.5) is 0 Å². The molecule has 0 radical (unpaired) electrons. The zero-order chi connectivity index (χ0) is 21.7. The highest BCUT2D eigenvalue weighted by atomic mass is 16.2. The number of unbranched alkanes of at least 4 members (excludes halogenated alkanes) is 22. The van der Waals surface area contributed by atoms with Gasteiger partial charge < -0.3 is 5.11 Å². The molecule has 0 aromatic rings. The van der Waals surface area contributed by atoms with Crippen LogP contribution < -0.4 is 0 Å². The lowest BCUT2D eigenvalue weighted by molar-refractivity contribution is 0.282. The molecule has 29 heavy (non-hydrogen) atoms. The van der Waals surface area contributed by atoms with Crippen molar-refractivity contribution < 1.29 is 5.11 Å². The number of hydrogen-bond donors (Lipinski definition) is 1. The normalized spacial score (nSPS) is 10.8. The van der Waals surface area contributed by atoms with Gasteiger partial charge >= 0.3 is 0 Å². The number of hydrogen-bond acceptors (Lipinski definition) is 1. The second-order valence-electron chi connectivity index (χ2n) is 9.15. The van der Waals surface area contributed by atoms with E-state index in [-0.39, 0.29) is 0 Å². The SMILES string of the molecule is CCCCCCCCCCCCCCCCCC.CCCCCCCCCCO. The van der Waals surface area contributed by atoms with E-state index in [1.807, 2.05) is 0 Å². The molecule has 0 aliphatic carbocycles. The molecule has 0 aliphatic rings. The molecule has 0 unspecified atom stereocenters. The van der Waals surface area contributed by atoms with Crippen LogP contribution in [0, 0.1) is 0 Å². The van der Waals surface area contributed by atoms with Crippen molar-refractivity contribution in [2.45, 2.75) is 175 Å². The smallest absolute Gasteiger partial charge is 0.0431 e. The Labute approximate surface area is 186 Å². The summed E-state index contributed by atoms with van der Waals surface area (Å²) in [6, 6.07) is 0. The minimum absolute atomic E-state index is 0.370. The Morgan fingerprint density at radius 1 is 0.276 bits per heavy atom. The zero-order valence-electron chi connectivity index (χ0n) is 21.1. The zero-order valence-corrected chi connectivity index (χ0v) is 21.1. The first kappa shape index (κ1) is 31.1. The highest BCUT2D eigenvalue weighted by Gasteiger charge is 1.93. The van der Waals surface area contributed by atoms with E-state index in [9.17, 15) is 0 Å². The molecule has 0 atom stereocenters. The highest BCUT2D eigenvalue weighted by Crippen LogP contribution is 2.13. The van der Waals surface area contributed by atoms with Crippen molar-refractivity contribution in [1.82, 2.24) is 0 Å². The summed E-state index contributed by atoms with van der Waals surface area (Å²) in [7, 11) is 0. The van der Waals surface area contributed by atoms with Crippen molar-refractivity contribution in [3.8, 4) is 0 Å². The first-order valence-electron chi connectivity index (χ1n) is 13.9. The molecule has 0 spiro atoms. The van der Waals surface area contributed by atoms with E-state index in [4.69, 9.17) is 5.11 Å². The van der Waals surface area contributed by atoms with E-state index in [1.54, 1.807) is 0 Å². The molecule has 0 fully saturated rings. The van der Waals surface area contributed by atoms with Crippen LogP contribution in [-0.2, 0) is 0 Å². The molecular weight excluding hydrogens is 352 g/mol. The lowest BCUT2D eigenvalue weighted by Crippen LogP contribution is -1.83.